The van der Waals surface area contributed by atoms with E-state index in [-0.39, 0.29) is 12.2 Å². The van der Waals surface area contributed by atoms with Gasteiger partial charge in [-0.05, 0) is 31.2 Å². The second-order valence-corrected chi connectivity index (χ2v) is 4.36. The van der Waals surface area contributed by atoms with Crippen LogP contribution in [0.1, 0.15) is 18.5 Å². The normalized spacial score (nSPS) is 11.8. The van der Waals surface area contributed by atoms with Crippen molar-refractivity contribution in [2.75, 3.05) is 11.9 Å². The molecule has 0 radical (unpaired) electrons. The summed E-state index contributed by atoms with van der Waals surface area (Å²) in [6.45, 7) is 1.84. The topological polar surface area (TPSA) is 38.3 Å². The maximum absolute atomic E-state index is 13.9. The summed E-state index contributed by atoms with van der Waals surface area (Å²) in [4.78, 5) is 12.0. The number of ether oxygens (including phenoxy) is 1. The molecule has 2 aromatic rings. The minimum Gasteiger partial charge on any atom is -0.464 e. The monoisotopic (exact) mass is 291 g/mol. The SMILES string of the molecule is CCOC(=O)C(Nc1cccc(F)c1)c1ccccc1F. The van der Waals surface area contributed by atoms with E-state index in [1.54, 1.807) is 19.1 Å². The predicted molar refractivity (Wildman–Crippen MR) is 75.8 cm³/mol. The van der Waals surface area contributed by atoms with Crippen LogP contribution in [0.4, 0.5) is 14.5 Å². The molecule has 0 aromatic heterocycles. The Morgan fingerprint density at radius 3 is 2.62 bits per heavy atom. The Hall–Kier alpha value is -2.43. The lowest BCUT2D eigenvalue weighted by molar-refractivity contribution is -0.144. The van der Waals surface area contributed by atoms with Gasteiger partial charge in [0.25, 0.3) is 0 Å². The van der Waals surface area contributed by atoms with Gasteiger partial charge in [-0.25, -0.2) is 13.6 Å². The predicted octanol–water partition coefficient (Wildman–Crippen LogP) is 3.68. The number of halogens is 2. The zero-order chi connectivity index (χ0) is 15.2. The van der Waals surface area contributed by atoms with Crippen LogP contribution in [0.25, 0.3) is 0 Å². The van der Waals surface area contributed by atoms with Crippen LogP contribution in [0, 0.1) is 11.6 Å². The van der Waals surface area contributed by atoms with Crippen molar-refractivity contribution >= 4 is 11.7 Å². The van der Waals surface area contributed by atoms with E-state index in [1.165, 1.54) is 36.4 Å². The van der Waals surface area contributed by atoms with Gasteiger partial charge in [0, 0.05) is 11.3 Å². The van der Waals surface area contributed by atoms with Crippen molar-refractivity contribution in [3.63, 3.8) is 0 Å². The van der Waals surface area contributed by atoms with Gasteiger partial charge in [-0.15, -0.1) is 0 Å². The van der Waals surface area contributed by atoms with Crippen molar-refractivity contribution in [2.45, 2.75) is 13.0 Å². The van der Waals surface area contributed by atoms with E-state index in [0.717, 1.165) is 0 Å². The molecule has 1 N–H and O–H groups in total. The number of carbonyl (C=O) groups excluding carboxylic acids is 1. The molecule has 1 unspecified atom stereocenters. The smallest absolute Gasteiger partial charge is 0.333 e. The molecule has 0 amide bonds. The first-order valence-corrected chi connectivity index (χ1v) is 6.55. The second kappa shape index (κ2) is 6.83. The number of carbonyl (C=O) groups is 1. The highest BCUT2D eigenvalue weighted by Crippen LogP contribution is 2.23. The van der Waals surface area contributed by atoms with Crippen molar-refractivity contribution < 1.29 is 18.3 Å². The number of anilines is 1. The lowest BCUT2D eigenvalue weighted by Gasteiger charge is -2.19. The van der Waals surface area contributed by atoms with Gasteiger partial charge in [0.2, 0.25) is 0 Å². The quantitative estimate of drug-likeness (QED) is 0.854. The molecule has 1 atom stereocenters. The van der Waals surface area contributed by atoms with E-state index in [1.807, 2.05) is 0 Å². The standard InChI is InChI=1S/C16H15F2NO2/c1-2-21-16(20)15(13-8-3-4-9-14(13)18)19-12-7-5-6-11(17)10-12/h3-10,15,19H,2H2,1H3. The second-order valence-electron chi connectivity index (χ2n) is 4.36. The third kappa shape index (κ3) is 3.78. The van der Waals surface area contributed by atoms with Gasteiger partial charge in [-0.3, -0.25) is 0 Å². The fourth-order valence-electron chi connectivity index (χ4n) is 1.94. The van der Waals surface area contributed by atoms with Crippen molar-refractivity contribution in [3.05, 3.63) is 65.7 Å². The molecule has 2 rings (SSSR count). The van der Waals surface area contributed by atoms with Gasteiger partial charge in [-0.2, -0.15) is 0 Å². The summed E-state index contributed by atoms with van der Waals surface area (Å²) in [6, 6.07) is 10.5. The number of hydrogen-bond donors (Lipinski definition) is 1. The fourth-order valence-corrected chi connectivity index (χ4v) is 1.94. The summed E-state index contributed by atoms with van der Waals surface area (Å²) in [7, 11) is 0. The van der Waals surface area contributed by atoms with E-state index in [2.05, 4.69) is 5.32 Å². The van der Waals surface area contributed by atoms with Crippen molar-refractivity contribution in [2.24, 2.45) is 0 Å². The zero-order valence-corrected chi connectivity index (χ0v) is 11.5. The molecule has 0 saturated carbocycles. The van der Waals surface area contributed by atoms with E-state index in [9.17, 15) is 13.6 Å². The first-order valence-electron chi connectivity index (χ1n) is 6.55. The molecule has 21 heavy (non-hydrogen) atoms. The molecule has 0 heterocycles. The van der Waals surface area contributed by atoms with Gasteiger partial charge in [0.1, 0.15) is 11.6 Å². The fraction of sp³-hybridized carbons (Fsp3) is 0.188. The molecular weight excluding hydrogens is 276 g/mol. The molecule has 0 saturated heterocycles. The number of benzene rings is 2. The van der Waals surface area contributed by atoms with Gasteiger partial charge >= 0.3 is 5.97 Å². The van der Waals surface area contributed by atoms with Gasteiger partial charge in [0.15, 0.2) is 6.04 Å². The summed E-state index contributed by atoms with van der Waals surface area (Å²) in [5, 5.41) is 2.81. The molecule has 3 nitrogen and oxygen atoms in total. The van der Waals surface area contributed by atoms with E-state index >= 15 is 0 Å². The van der Waals surface area contributed by atoms with E-state index in [4.69, 9.17) is 4.74 Å². The molecule has 0 aliphatic heterocycles. The lowest BCUT2D eigenvalue weighted by Crippen LogP contribution is -2.24. The third-order valence-electron chi connectivity index (χ3n) is 2.87. The molecule has 0 aliphatic carbocycles. The Balaban J connectivity index is 2.33. The Kier molecular flexibility index (Phi) is 4.87. The third-order valence-corrected chi connectivity index (χ3v) is 2.87. The van der Waals surface area contributed by atoms with Crippen LogP contribution in [0.15, 0.2) is 48.5 Å². The summed E-state index contributed by atoms with van der Waals surface area (Å²) >= 11 is 0. The van der Waals surface area contributed by atoms with Crippen LogP contribution in [-0.2, 0) is 9.53 Å². The summed E-state index contributed by atoms with van der Waals surface area (Å²) in [5.41, 5.74) is 0.525. The number of hydrogen-bond acceptors (Lipinski definition) is 3. The Morgan fingerprint density at radius 1 is 1.19 bits per heavy atom. The Morgan fingerprint density at radius 2 is 1.95 bits per heavy atom. The van der Waals surface area contributed by atoms with E-state index in [0.29, 0.717) is 5.69 Å². The highest BCUT2D eigenvalue weighted by atomic mass is 19.1. The maximum Gasteiger partial charge on any atom is 0.333 e. The number of esters is 1. The van der Waals surface area contributed by atoms with Crippen molar-refractivity contribution in [1.29, 1.82) is 0 Å². The zero-order valence-electron chi connectivity index (χ0n) is 11.5. The maximum atomic E-state index is 13.9. The van der Waals surface area contributed by atoms with E-state index < -0.39 is 23.6 Å². The van der Waals surface area contributed by atoms with Crippen LogP contribution < -0.4 is 5.32 Å². The molecule has 0 spiro atoms. The highest BCUT2D eigenvalue weighted by Gasteiger charge is 2.24. The Labute approximate surface area is 121 Å². The summed E-state index contributed by atoms with van der Waals surface area (Å²) in [5.74, 6) is -1.59. The van der Waals surface area contributed by atoms with Crippen LogP contribution >= 0.6 is 0 Å². The van der Waals surface area contributed by atoms with Gasteiger partial charge < -0.3 is 10.1 Å². The molecule has 0 fully saturated rings. The van der Waals surface area contributed by atoms with Gasteiger partial charge in [0.05, 0.1) is 6.61 Å². The van der Waals surface area contributed by atoms with Crippen LogP contribution in [0.5, 0.6) is 0 Å². The molecule has 110 valence electrons. The van der Waals surface area contributed by atoms with Crippen molar-refractivity contribution in [3.8, 4) is 0 Å². The van der Waals surface area contributed by atoms with Crippen LogP contribution in [0.2, 0.25) is 0 Å². The molecule has 0 aliphatic rings. The first kappa shape index (κ1) is 15.0. The minimum absolute atomic E-state index is 0.153. The molecular formula is C16H15F2NO2. The largest absolute Gasteiger partial charge is 0.464 e. The first-order chi connectivity index (χ1) is 10.1. The average molecular weight is 291 g/mol. The highest BCUT2D eigenvalue weighted by molar-refractivity contribution is 5.81. The van der Waals surface area contributed by atoms with Gasteiger partial charge in [-0.1, -0.05) is 24.3 Å². The summed E-state index contributed by atoms with van der Waals surface area (Å²) < 4.78 is 32.1. The molecule has 5 heteroatoms. The number of rotatable bonds is 5. The van der Waals surface area contributed by atoms with Crippen molar-refractivity contribution in [1.82, 2.24) is 0 Å². The van der Waals surface area contributed by atoms with Crippen LogP contribution in [-0.4, -0.2) is 12.6 Å². The number of nitrogens with one attached hydrogen (secondary N) is 1. The minimum atomic E-state index is -1.03. The molecule has 2 aromatic carbocycles. The van der Waals surface area contributed by atoms with Crippen LogP contribution in [0.3, 0.4) is 0 Å². The summed E-state index contributed by atoms with van der Waals surface area (Å²) in [6.07, 6.45) is 0. The lowest BCUT2D eigenvalue weighted by atomic mass is 10.1. The molecule has 0 bridgehead atoms. The Bertz CT molecular complexity index is 631. The average Bonchev–Trinajstić information content (AvgIpc) is 2.46.